The maximum atomic E-state index is 2.35. The molecule has 0 N–H and O–H groups in total. The Morgan fingerprint density at radius 3 is 1.00 bits per heavy atom. The zero-order chi connectivity index (χ0) is 16.0. The molecular formula is C22H24BrN. The summed E-state index contributed by atoms with van der Waals surface area (Å²) < 4.78 is 0.970. The van der Waals surface area contributed by atoms with Crippen molar-refractivity contribution >= 4 is 0 Å². The Morgan fingerprint density at radius 1 is 0.500 bits per heavy atom. The molecule has 0 aliphatic carbocycles. The van der Waals surface area contributed by atoms with Crippen LogP contribution in [-0.2, 0) is 19.6 Å². The predicted molar refractivity (Wildman–Crippen MR) is 96.6 cm³/mol. The summed E-state index contributed by atoms with van der Waals surface area (Å²) >= 11 is 0. The first-order valence-electron chi connectivity index (χ1n) is 8.19. The summed E-state index contributed by atoms with van der Waals surface area (Å²) in [6.45, 7) is 3.10. The van der Waals surface area contributed by atoms with E-state index in [9.17, 15) is 0 Å². The second-order valence-electron chi connectivity index (χ2n) is 6.55. The van der Waals surface area contributed by atoms with Crippen molar-refractivity contribution in [2.45, 2.75) is 19.6 Å². The molecule has 0 fully saturated rings. The summed E-state index contributed by atoms with van der Waals surface area (Å²) in [5, 5.41) is 0. The van der Waals surface area contributed by atoms with E-state index >= 15 is 0 Å². The molecule has 2 heteroatoms. The highest BCUT2D eigenvalue weighted by molar-refractivity contribution is 5.17. The molecule has 0 bridgehead atoms. The van der Waals surface area contributed by atoms with Gasteiger partial charge in [-0.25, -0.2) is 0 Å². The molecule has 0 atom stereocenters. The van der Waals surface area contributed by atoms with Gasteiger partial charge in [0.25, 0.3) is 0 Å². The molecule has 0 aromatic heterocycles. The van der Waals surface area contributed by atoms with E-state index in [0.29, 0.717) is 0 Å². The topological polar surface area (TPSA) is 0 Å². The maximum Gasteiger partial charge on any atom is 0.105 e. The molecule has 0 radical (unpaired) electrons. The lowest BCUT2D eigenvalue weighted by Crippen LogP contribution is -3.00. The standard InChI is InChI=1S/C22H24N.BrH/c1-23(17-20-11-5-2-6-12-20,18-21-13-7-3-8-14-21)19-22-15-9-4-10-16-22;/h2-16H,17-19H2,1H3;1H/q+1;/p-1. The van der Waals surface area contributed by atoms with Crippen molar-refractivity contribution in [1.82, 2.24) is 0 Å². The van der Waals surface area contributed by atoms with E-state index in [-0.39, 0.29) is 17.0 Å². The van der Waals surface area contributed by atoms with Gasteiger partial charge in [-0.3, -0.25) is 0 Å². The second kappa shape index (κ2) is 8.81. The lowest BCUT2D eigenvalue weighted by molar-refractivity contribution is -0.948. The predicted octanol–water partition coefficient (Wildman–Crippen LogP) is 2.04. The van der Waals surface area contributed by atoms with Crippen molar-refractivity contribution in [3.05, 3.63) is 108 Å². The molecule has 0 aliphatic rings. The van der Waals surface area contributed by atoms with Crippen molar-refractivity contribution in [2.75, 3.05) is 7.05 Å². The highest BCUT2D eigenvalue weighted by Gasteiger charge is 2.23. The molecular weight excluding hydrogens is 358 g/mol. The quantitative estimate of drug-likeness (QED) is 0.573. The molecule has 0 aliphatic heterocycles. The highest BCUT2D eigenvalue weighted by atomic mass is 79.9. The first-order valence-corrected chi connectivity index (χ1v) is 8.19. The van der Waals surface area contributed by atoms with Crippen LogP contribution in [0.3, 0.4) is 0 Å². The molecule has 3 aromatic carbocycles. The Labute approximate surface area is 155 Å². The fourth-order valence-corrected chi connectivity index (χ4v) is 3.24. The Hall–Kier alpha value is -1.90. The number of halogens is 1. The molecule has 0 heterocycles. The fraction of sp³-hybridized carbons (Fsp3) is 0.182. The summed E-state index contributed by atoms with van der Waals surface area (Å²) in [5.41, 5.74) is 4.17. The van der Waals surface area contributed by atoms with Gasteiger partial charge in [-0.1, -0.05) is 91.0 Å². The highest BCUT2D eigenvalue weighted by Crippen LogP contribution is 2.21. The van der Waals surface area contributed by atoms with Crippen molar-refractivity contribution in [3.8, 4) is 0 Å². The fourth-order valence-electron chi connectivity index (χ4n) is 3.24. The van der Waals surface area contributed by atoms with Crippen LogP contribution in [0.15, 0.2) is 91.0 Å². The van der Waals surface area contributed by atoms with Crippen LogP contribution < -0.4 is 17.0 Å². The third-order valence-corrected chi connectivity index (χ3v) is 4.22. The van der Waals surface area contributed by atoms with Gasteiger partial charge in [0.1, 0.15) is 19.6 Å². The van der Waals surface area contributed by atoms with Gasteiger partial charge in [-0.05, 0) is 0 Å². The summed E-state index contributed by atoms with van der Waals surface area (Å²) in [6, 6.07) is 32.4. The summed E-state index contributed by atoms with van der Waals surface area (Å²) in [6.07, 6.45) is 0. The van der Waals surface area contributed by atoms with Crippen LogP contribution in [0.5, 0.6) is 0 Å². The van der Waals surface area contributed by atoms with E-state index in [4.69, 9.17) is 0 Å². The number of nitrogens with zero attached hydrogens (tertiary/aromatic N) is 1. The van der Waals surface area contributed by atoms with Crippen LogP contribution >= 0.6 is 0 Å². The third-order valence-electron chi connectivity index (χ3n) is 4.22. The Kier molecular flexibility index (Phi) is 6.77. The Bertz CT molecular complexity index is 609. The molecule has 1 nitrogen and oxygen atoms in total. The number of hydrogen-bond acceptors (Lipinski definition) is 0. The van der Waals surface area contributed by atoms with Crippen molar-refractivity contribution < 1.29 is 21.5 Å². The van der Waals surface area contributed by atoms with Crippen LogP contribution in [0.4, 0.5) is 0 Å². The van der Waals surface area contributed by atoms with Gasteiger partial charge in [-0.2, -0.15) is 0 Å². The lowest BCUT2D eigenvalue weighted by atomic mass is 10.1. The SMILES string of the molecule is C[N+](Cc1ccccc1)(Cc1ccccc1)Cc1ccccc1.[Br-]. The molecule has 3 rings (SSSR count). The van der Waals surface area contributed by atoms with E-state index in [1.165, 1.54) is 16.7 Å². The molecule has 0 saturated carbocycles. The zero-order valence-corrected chi connectivity index (χ0v) is 15.7. The van der Waals surface area contributed by atoms with E-state index < -0.39 is 0 Å². The minimum Gasteiger partial charge on any atom is -1.00 e. The third kappa shape index (κ3) is 5.33. The van der Waals surface area contributed by atoms with Gasteiger partial charge in [0.15, 0.2) is 0 Å². The molecule has 0 unspecified atom stereocenters. The van der Waals surface area contributed by atoms with Gasteiger partial charge in [0.05, 0.1) is 7.05 Å². The van der Waals surface area contributed by atoms with Crippen molar-refractivity contribution in [3.63, 3.8) is 0 Å². The van der Waals surface area contributed by atoms with Crippen LogP contribution in [0.25, 0.3) is 0 Å². The number of hydrogen-bond donors (Lipinski definition) is 0. The molecule has 0 spiro atoms. The van der Waals surface area contributed by atoms with Gasteiger partial charge in [0, 0.05) is 16.7 Å². The minimum atomic E-state index is 0. The number of quaternary nitrogens is 1. The smallest absolute Gasteiger partial charge is 0.105 e. The van der Waals surface area contributed by atoms with E-state index in [1.807, 2.05) is 0 Å². The van der Waals surface area contributed by atoms with E-state index in [1.54, 1.807) is 0 Å². The number of rotatable bonds is 6. The molecule has 124 valence electrons. The lowest BCUT2D eigenvalue weighted by Gasteiger charge is -2.35. The van der Waals surface area contributed by atoms with Crippen molar-refractivity contribution in [1.29, 1.82) is 0 Å². The Morgan fingerprint density at radius 2 is 0.750 bits per heavy atom. The first-order chi connectivity index (χ1) is 11.2. The van der Waals surface area contributed by atoms with Gasteiger partial charge in [-0.15, -0.1) is 0 Å². The summed E-state index contributed by atoms with van der Waals surface area (Å²) in [7, 11) is 2.35. The second-order valence-corrected chi connectivity index (χ2v) is 6.55. The summed E-state index contributed by atoms with van der Waals surface area (Å²) in [5.74, 6) is 0. The normalized spacial score (nSPS) is 10.9. The molecule has 3 aromatic rings. The molecule has 0 saturated heterocycles. The molecule has 24 heavy (non-hydrogen) atoms. The molecule has 0 amide bonds. The largest absolute Gasteiger partial charge is 1.00 e. The maximum absolute atomic E-state index is 2.35. The average molecular weight is 382 g/mol. The van der Waals surface area contributed by atoms with Crippen molar-refractivity contribution in [2.24, 2.45) is 0 Å². The van der Waals surface area contributed by atoms with Crippen LogP contribution in [0, 0.1) is 0 Å². The summed E-state index contributed by atoms with van der Waals surface area (Å²) in [4.78, 5) is 0. The minimum absolute atomic E-state index is 0. The van der Waals surface area contributed by atoms with Gasteiger partial charge in [0.2, 0.25) is 0 Å². The zero-order valence-electron chi connectivity index (χ0n) is 14.1. The van der Waals surface area contributed by atoms with E-state index in [2.05, 4.69) is 98.0 Å². The monoisotopic (exact) mass is 381 g/mol. The average Bonchev–Trinajstić information content (AvgIpc) is 2.57. The first kappa shape index (κ1) is 18.4. The van der Waals surface area contributed by atoms with Crippen LogP contribution in [0.1, 0.15) is 16.7 Å². The Balaban J connectivity index is 0.00000208. The van der Waals surface area contributed by atoms with Gasteiger partial charge >= 0.3 is 0 Å². The number of benzene rings is 3. The van der Waals surface area contributed by atoms with E-state index in [0.717, 1.165) is 24.1 Å². The van der Waals surface area contributed by atoms with Crippen LogP contribution in [0.2, 0.25) is 0 Å². The van der Waals surface area contributed by atoms with Crippen LogP contribution in [-0.4, -0.2) is 11.5 Å². The van der Waals surface area contributed by atoms with Gasteiger partial charge < -0.3 is 21.5 Å².